The Hall–Kier alpha value is -2.32. The summed E-state index contributed by atoms with van der Waals surface area (Å²) in [6, 6.07) is 10.3. The molecule has 1 amide bonds. The summed E-state index contributed by atoms with van der Waals surface area (Å²) in [4.78, 5) is 11.1. The van der Waals surface area contributed by atoms with Crippen LogP contribution in [0.15, 0.2) is 47.4 Å². The van der Waals surface area contributed by atoms with Crippen molar-refractivity contribution >= 4 is 15.9 Å². The summed E-state index contributed by atoms with van der Waals surface area (Å²) in [7, 11) is -4.48. The lowest BCUT2D eigenvalue weighted by atomic mass is 9.88. The molecule has 0 bridgehead atoms. The van der Waals surface area contributed by atoms with Crippen molar-refractivity contribution in [1.29, 1.82) is 0 Å². The van der Waals surface area contributed by atoms with Crippen molar-refractivity contribution in [3.8, 4) is 0 Å². The van der Waals surface area contributed by atoms with E-state index in [1.807, 2.05) is 29.0 Å². The first-order valence-corrected chi connectivity index (χ1v) is 9.67. The average Bonchev–Trinajstić information content (AvgIpc) is 2.60. The molecule has 8 heteroatoms. The lowest BCUT2D eigenvalue weighted by Gasteiger charge is -2.26. The maximum absolute atomic E-state index is 13.6. The molecule has 0 saturated heterocycles. The van der Waals surface area contributed by atoms with Crippen LogP contribution in [0.3, 0.4) is 0 Å². The lowest BCUT2D eigenvalue weighted by Crippen LogP contribution is -2.39. The van der Waals surface area contributed by atoms with E-state index in [0.717, 1.165) is 48.6 Å². The van der Waals surface area contributed by atoms with Crippen molar-refractivity contribution in [2.45, 2.75) is 30.2 Å². The Kier molecular flexibility index (Phi) is 5.33. The zero-order chi connectivity index (χ0) is 18.7. The molecule has 2 N–H and O–H groups in total. The Bertz CT molecular complexity index is 912. The summed E-state index contributed by atoms with van der Waals surface area (Å²) in [6.45, 7) is -0.602. The van der Waals surface area contributed by atoms with Crippen LogP contribution in [0.2, 0.25) is 0 Å². The van der Waals surface area contributed by atoms with Gasteiger partial charge in [-0.2, -0.15) is 0 Å². The number of carbonyl (C=O) groups excluding carboxylic acids is 1. The smallest absolute Gasteiger partial charge is 0.246 e. The highest BCUT2D eigenvalue weighted by Gasteiger charge is 2.26. The molecule has 1 aliphatic rings. The van der Waals surface area contributed by atoms with Gasteiger partial charge in [-0.3, -0.25) is 4.79 Å². The van der Waals surface area contributed by atoms with E-state index in [2.05, 4.69) is 5.32 Å². The van der Waals surface area contributed by atoms with Gasteiger partial charge in [-0.25, -0.2) is 21.9 Å². The van der Waals surface area contributed by atoms with Gasteiger partial charge >= 0.3 is 0 Å². The van der Waals surface area contributed by atoms with Crippen LogP contribution in [0.1, 0.15) is 30.0 Å². The number of benzene rings is 2. The molecule has 1 atom stereocenters. The minimum Gasteiger partial charge on any atom is -0.348 e. The van der Waals surface area contributed by atoms with Crippen LogP contribution in [0.4, 0.5) is 8.78 Å². The second-order valence-corrected chi connectivity index (χ2v) is 7.79. The van der Waals surface area contributed by atoms with Crippen LogP contribution in [0, 0.1) is 11.6 Å². The van der Waals surface area contributed by atoms with E-state index in [1.54, 1.807) is 0 Å². The summed E-state index contributed by atoms with van der Waals surface area (Å²) in [6.07, 6.45) is 2.59. The fourth-order valence-electron chi connectivity index (χ4n) is 3.12. The normalized spacial score (nSPS) is 16.8. The van der Waals surface area contributed by atoms with Gasteiger partial charge in [0.05, 0.1) is 12.6 Å². The first-order chi connectivity index (χ1) is 12.4. The van der Waals surface area contributed by atoms with Crippen molar-refractivity contribution in [3.05, 3.63) is 65.2 Å². The van der Waals surface area contributed by atoms with E-state index < -0.39 is 39.0 Å². The average molecular weight is 380 g/mol. The quantitative estimate of drug-likeness (QED) is 0.837. The minimum atomic E-state index is -4.48. The number of sulfonamides is 1. The third-order valence-electron chi connectivity index (χ3n) is 4.32. The Morgan fingerprint density at radius 1 is 1.08 bits per heavy atom. The highest BCUT2D eigenvalue weighted by molar-refractivity contribution is 7.89. The molecule has 138 valence electrons. The highest BCUT2D eigenvalue weighted by Crippen LogP contribution is 2.29. The van der Waals surface area contributed by atoms with Gasteiger partial charge in [-0.15, -0.1) is 0 Å². The number of rotatable bonds is 5. The molecular weight excluding hydrogens is 362 g/mol. The van der Waals surface area contributed by atoms with Gasteiger partial charge in [0, 0.05) is 0 Å². The monoisotopic (exact) mass is 380 g/mol. The second kappa shape index (κ2) is 7.51. The SMILES string of the molecule is O=C(CNS(=O)(=O)c1c(F)cccc1F)N[C@H]1CCCc2ccccc21. The molecule has 0 aromatic heterocycles. The van der Waals surface area contributed by atoms with Gasteiger partial charge in [-0.1, -0.05) is 30.3 Å². The van der Waals surface area contributed by atoms with Gasteiger partial charge in [0.1, 0.15) is 11.6 Å². The molecule has 5 nitrogen and oxygen atoms in total. The Morgan fingerprint density at radius 2 is 1.77 bits per heavy atom. The third kappa shape index (κ3) is 3.91. The maximum Gasteiger partial charge on any atom is 0.246 e. The predicted molar refractivity (Wildman–Crippen MR) is 91.8 cm³/mol. The molecule has 0 fully saturated rings. The van der Waals surface area contributed by atoms with E-state index >= 15 is 0 Å². The number of carbonyl (C=O) groups is 1. The van der Waals surface area contributed by atoms with Crippen molar-refractivity contribution in [1.82, 2.24) is 10.0 Å². The zero-order valence-electron chi connectivity index (χ0n) is 13.8. The first kappa shape index (κ1) is 18.5. The van der Waals surface area contributed by atoms with Crippen molar-refractivity contribution < 1.29 is 22.0 Å². The van der Waals surface area contributed by atoms with Crippen LogP contribution in [0.25, 0.3) is 0 Å². The molecule has 0 saturated carbocycles. The lowest BCUT2D eigenvalue weighted by molar-refractivity contribution is -0.120. The molecule has 0 heterocycles. The number of hydrogen-bond acceptors (Lipinski definition) is 3. The van der Waals surface area contributed by atoms with Gasteiger partial charge < -0.3 is 5.32 Å². The third-order valence-corrected chi connectivity index (χ3v) is 5.77. The van der Waals surface area contributed by atoms with Gasteiger partial charge in [0.25, 0.3) is 0 Å². The number of hydrogen-bond donors (Lipinski definition) is 2. The number of halogens is 2. The fourth-order valence-corrected chi connectivity index (χ4v) is 4.24. The standard InChI is InChI=1S/C18H18F2N2O3S/c19-14-8-4-9-15(20)18(14)26(24,25)21-11-17(23)22-16-10-3-6-12-5-1-2-7-13(12)16/h1-2,4-5,7-9,16,21H,3,6,10-11H2,(H,22,23)/t16-/m0/s1. The summed E-state index contributed by atoms with van der Waals surface area (Å²) >= 11 is 0. The molecule has 2 aromatic rings. The van der Waals surface area contributed by atoms with Gasteiger partial charge in [0.15, 0.2) is 4.90 Å². The molecule has 1 aliphatic carbocycles. The molecule has 0 aliphatic heterocycles. The van der Waals surface area contributed by atoms with E-state index in [-0.39, 0.29) is 6.04 Å². The Labute approximate surface area is 150 Å². The van der Waals surface area contributed by atoms with Crippen molar-refractivity contribution in [2.75, 3.05) is 6.54 Å². The van der Waals surface area contributed by atoms with Crippen molar-refractivity contribution in [2.24, 2.45) is 0 Å². The minimum absolute atomic E-state index is 0.206. The number of amides is 1. The molecular formula is C18H18F2N2O3S. The largest absolute Gasteiger partial charge is 0.348 e. The fraction of sp³-hybridized carbons (Fsp3) is 0.278. The highest BCUT2D eigenvalue weighted by atomic mass is 32.2. The molecule has 0 spiro atoms. The van der Waals surface area contributed by atoms with Gasteiger partial charge in [0.2, 0.25) is 15.9 Å². The molecule has 0 unspecified atom stereocenters. The number of aryl methyl sites for hydroxylation is 1. The Morgan fingerprint density at radius 3 is 2.50 bits per heavy atom. The van der Waals surface area contributed by atoms with E-state index in [0.29, 0.717) is 0 Å². The van der Waals surface area contributed by atoms with Crippen LogP contribution in [-0.4, -0.2) is 20.9 Å². The molecule has 2 aromatic carbocycles. The molecule has 3 rings (SSSR count). The zero-order valence-corrected chi connectivity index (χ0v) is 14.7. The summed E-state index contributed by atoms with van der Waals surface area (Å²) in [5, 5.41) is 2.77. The second-order valence-electron chi connectivity index (χ2n) is 6.09. The topological polar surface area (TPSA) is 75.3 Å². The number of fused-ring (bicyclic) bond motifs is 1. The van der Waals surface area contributed by atoms with Gasteiger partial charge in [-0.05, 0) is 42.5 Å². The number of nitrogens with one attached hydrogen (secondary N) is 2. The molecule has 26 heavy (non-hydrogen) atoms. The predicted octanol–water partition coefficient (Wildman–Crippen LogP) is 2.44. The van der Waals surface area contributed by atoms with Crippen LogP contribution >= 0.6 is 0 Å². The van der Waals surface area contributed by atoms with Crippen molar-refractivity contribution in [3.63, 3.8) is 0 Å². The van der Waals surface area contributed by atoms with Crippen LogP contribution in [0.5, 0.6) is 0 Å². The maximum atomic E-state index is 13.6. The molecule has 0 radical (unpaired) electrons. The van der Waals surface area contributed by atoms with E-state index in [1.165, 1.54) is 0 Å². The van der Waals surface area contributed by atoms with Crippen LogP contribution < -0.4 is 10.0 Å². The van der Waals surface area contributed by atoms with E-state index in [4.69, 9.17) is 0 Å². The van der Waals surface area contributed by atoms with Crippen LogP contribution in [-0.2, 0) is 21.2 Å². The summed E-state index contributed by atoms with van der Waals surface area (Å²) in [5.41, 5.74) is 2.16. The first-order valence-electron chi connectivity index (χ1n) is 8.19. The Balaban J connectivity index is 1.67. The summed E-state index contributed by atoms with van der Waals surface area (Å²) in [5.74, 6) is -2.98. The van der Waals surface area contributed by atoms with E-state index in [9.17, 15) is 22.0 Å². The summed E-state index contributed by atoms with van der Waals surface area (Å²) < 4.78 is 53.4.